The average Bonchev–Trinajstić information content (AvgIpc) is 2.63. The molecule has 0 saturated carbocycles. The number of urea groups is 1. The van der Waals surface area contributed by atoms with Crippen molar-refractivity contribution in [3.8, 4) is 5.88 Å². The van der Waals surface area contributed by atoms with Gasteiger partial charge in [0.25, 0.3) is 0 Å². The first kappa shape index (κ1) is 15.4. The first-order valence-electron chi connectivity index (χ1n) is 8.37. The summed E-state index contributed by atoms with van der Waals surface area (Å²) in [7, 11) is 0. The number of hydrogen-bond acceptors (Lipinski definition) is 3. The maximum Gasteiger partial charge on any atom is 0.317 e. The highest BCUT2D eigenvalue weighted by Gasteiger charge is 2.32. The Balaban J connectivity index is 1.27. The van der Waals surface area contributed by atoms with Crippen molar-refractivity contribution in [2.45, 2.75) is 12.6 Å². The zero-order valence-corrected chi connectivity index (χ0v) is 13.8. The number of amides is 2. The Morgan fingerprint density at radius 3 is 2.64 bits per heavy atom. The summed E-state index contributed by atoms with van der Waals surface area (Å²) in [6.07, 6.45) is -0.00358. The van der Waals surface area contributed by atoms with Gasteiger partial charge in [0.1, 0.15) is 6.10 Å². The number of fused-ring (bicyclic) bond motifs is 1. The number of hydrogen-bond donors (Lipinski definition) is 1. The molecule has 25 heavy (non-hydrogen) atoms. The van der Waals surface area contributed by atoms with E-state index in [1.807, 2.05) is 66.7 Å². The fourth-order valence-electron chi connectivity index (χ4n) is 2.85. The van der Waals surface area contributed by atoms with Crippen molar-refractivity contribution in [2.75, 3.05) is 13.1 Å². The molecule has 1 aliphatic rings. The van der Waals surface area contributed by atoms with Gasteiger partial charge in [0.15, 0.2) is 0 Å². The first-order valence-corrected chi connectivity index (χ1v) is 8.37. The number of pyridine rings is 1. The fraction of sp³-hybridized carbons (Fsp3) is 0.200. The molecule has 2 heterocycles. The number of rotatable bonds is 4. The minimum Gasteiger partial charge on any atom is -0.471 e. The number of likely N-dealkylation sites (tertiary alicyclic amines) is 1. The van der Waals surface area contributed by atoms with Crippen molar-refractivity contribution in [3.05, 3.63) is 72.3 Å². The Morgan fingerprint density at radius 1 is 1.04 bits per heavy atom. The highest BCUT2D eigenvalue weighted by Crippen LogP contribution is 2.20. The molecule has 0 spiro atoms. The van der Waals surface area contributed by atoms with E-state index in [2.05, 4.69) is 10.3 Å². The van der Waals surface area contributed by atoms with Crippen LogP contribution >= 0.6 is 0 Å². The van der Waals surface area contributed by atoms with E-state index in [4.69, 9.17) is 4.74 Å². The molecular formula is C20H19N3O2. The molecule has 0 unspecified atom stereocenters. The molecule has 0 atom stereocenters. The van der Waals surface area contributed by atoms with E-state index in [0.717, 1.165) is 16.5 Å². The predicted molar refractivity (Wildman–Crippen MR) is 96.4 cm³/mol. The van der Waals surface area contributed by atoms with E-state index in [-0.39, 0.29) is 12.1 Å². The molecular weight excluding hydrogens is 314 g/mol. The molecule has 5 nitrogen and oxygen atoms in total. The molecule has 2 amide bonds. The van der Waals surface area contributed by atoms with Crippen LogP contribution in [-0.2, 0) is 6.54 Å². The molecule has 4 rings (SSSR count). The van der Waals surface area contributed by atoms with Crippen LogP contribution in [0.5, 0.6) is 5.88 Å². The topological polar surface area (TPSA) is 54.5 Å². The first-order chi connectivity index (χ1) is 12.3. The number of aromatic nitrogens is 1. The Bertz CT molecular complexity index is 876. The van der Waals surface area contributed by atoms with Gasteiger partial charge in [-0.15, -0.1) is 0 Å². The number of para-hydroxylation sites is 1. The maximum absolute atomic E-state index is 12.1. The van der Waals surface area contributed by atoms with E-state index in [1.165, 1.54) is 0 Å². The molecule has 0 bridgehead atoms. The zero-order valence-electron chi connectivity index (χ0n) is 13.8. The van der Waals surface area contributed by atoms with Crippen LogP contribution < -0.4 is 10.1 Å². The lowest BCUT2D eigenvalue weighted by Crippen LogP contribution is -2.58. The van der Waals surface area contributed by atoms with Crippen LogP contribution in [0.3, 0.4) is 0 Å². The summed E-state index contributed by atoms with van der Waals surface area (Å²) in [5.74, 6) is 0.605. The second-order valence-electron chi connectivity index (χ2n) is 6.13. The van der Waals surface area contributed by atoms with Crippen molar-refractivity contribution in [1.82, 2.24) is 15.2 Å². The van der Waals surface area contributed by atoms with Gasteiger partial charge in [-0.05, 0) is 17.7 Å². The van der Waals surface area contributed by atoms with E-state index in [1.54, 1.807) is 4.90 Å². The van der Waals surface area contributed by atoms with Gasteiger partial charge in [0.05, 0.1) is 18.6 Å². The molecule has 0 radical (unpaired) electrons. The van der Waals surface area contributed by atoms with Gasteiger partial charge in [-0.3, -0.25) is 0 Å². The predicted octanol–water partition coefficient (Wildman–Crippen LogP) is 3.21. The number of ether oxygens (including phenoxy) is 1. The molecule has 1 aromatic heterocycles. The van der Waals surface area contributed by atoms with Crippen molar-refractivity contribution in [3.63, 3.8) is 0 Å². The third-order valence-corrected chi connectivity index (χ3v) is 4.28. The van der Waals surface area contributed by atoms with E-state index < -0.39 is 0 Å². The number of nitrogens with zero attached hydrogens (tertiary/aromatic N) is 2. The number of carbonyl (C=O) groups is 1. The summed E-state index contributed by atoms with van der Waals surface area (Å²) >= 11 is 0. The number of benzene rings is 2. The van der Waals surface area contributed by atoms with E-state index >= 15 is 0 Å². The van der Waals surface area contributed by atoms with Gasteiger partial charge in [-0.2, -0.15) is 0 Å². The molecule has 1 saturated heterocycles. The van der Waals surface area contributed by atoms with Crippen LogP contribution in [-0.4, -0.2) is 35.1 Å². The van der Waals surface area contributed by atoms with E-state index in [0.29, 0.717) is 25.5 Å². The quantitative estimate of drug-likeness (QED) is 0.798. The monoisotopic (exact) mass is 333 g/mol. The smallest absolute Gasteiger partial charge is 0.317 e. The fourth-order valence-corrected chi connectivity index (χ4v) is 2.85. The Hall–Kier alpha value is -3.08. The largest absolute Gasteiger partial charge is 0.471 e. The summed E-state index contributed by atoms with van der Waals surface area (Å²) in [5, 5.41) is 4.01. The lowest BCUT2D eigenvalue weighted by Gasteiger charge is -2.38. The maximum atomic E-state index is 12.1. The minimum atomic E-state index is -0.0600. The average molecular weight is 333 g/mol. The zero-order chi connectivity index (χ0) is 17.1. The van der Waals surface area contributed by atoms with Crippen molar-refractivity contribution in [2.24, 2.45) is 0 Å². The van der Waals surface area contributed by atoms with Crippen LogP contribution in [0.15, 0.2) is 66.7 Å². The lowest BCUT2D eigenvalue weighted by molar-refractivity contribution is 0.0415. The molecule has 1 fully saturated rings. The number of nitrogens with one attached hydrogen (secondary N) is 1. The molecule has 0 aliphatic carbocycles. The highest BCUT2D eigenvalue weighted by atomic mass is 16.5. The van der Waals surface area contributed by atoms with E-state index in [9.17, 15) is 4.79 Å². The molecule has 5 heteroatoms. The lowest BCUT2D eigenvalue weighted by atomic mass is 10.2. The Kier molecular flexibility index (Phi) is 4.21. The molecule has 1 N–H and O–H groups in total. The van der Waals surface area contributed by atoms with Crippen LogP contribution in [0, 0.1) is 0 Å². The van der Waals surface area contributed by atoms with Gasteiger partial charge in [0.2, 0.25) is 5.88 Å². The van der Waals surface area contributed by atoms with Crippen molar-refractivity contribution in [1.29, 1.82) is 0 Å². The Morgan fingerprint density at radius 2 is 1.80 bits per heavy atom. The molecule has 2 aromatic carbocycles. The van der Waals surface area contributed by atoms with Gasteiger partial charge in [-0.25, -0.2) is 9.78 Å². The normalized spacial score (nSPS) is 14.2. The summed E-state index contributed by atoms with van der Waals surface area (Å²) < 4.78 is 5.87. The van der Waals surface area contributed by atoms with Gasteiger partial charge >= 0.3 is 6.03 Å². The summed E-state index contributed by atoms with van der Waals surface area (Å²) in [4.78, 5) is 18.4. The SMILES string of the molecule is O=C(NCc1ccccc1)N1CC(Oc2ccc3ccccc3n2)C1. The second kappa shape index (κ2) is 6.81. The number of carbonyl (C=O) groups excluding carboxylic acids is 1. The summed E-state index contributed by atoms with van der Waals surface area (Å²) in [6.45, 7) is 1.69. The molecule has 3 aromatic rings. The third-order valence-electron chi connectivity index (χ3n) is 4.28. The summed E-state index contributed by atoms with van der Waals surface area (Å²) in [6, 6.07) is 21.6. The minimum absolute atomic E-state index is 0.00358. The standard InChI is InChI=1S/C20H19N3O2/c24-20(21-12-15-6-2-1-3-7-15)23-13-17(14-23)25-19-11-10-16-8-4-5-9-18(16)22-19/h1-11,17H,12-14H2,(H,21,24). The van der Waals surface area contributed by atoms with Crippen molar-refractivity contribution < 1.29 is 9.53 Å². The van der Waals surface area contributed by atoms with Gasteiger partial charge in [0, 0.05) is 18.0 Å². The highest BCUT2D eigenvalue weighted by molar-refractivity contribution is 5.78. The van der Waals surface area contributed by atoms with Gasteiger partial charge < -0.3 is 15.0 Å². The van der Waals surface area contributed by atoms with Crippen LogP contribution in [0.4, 0.5) is 4.79 Å². The van der Waals surface area contributed by atoms with Crippen molar-refractivity contribution >= 4 is 16.9 Å². The second-order valence-corrected chi connectivity index (χ2v) is 6.13. The summed E-state index contributed by atoms with van der Waals surface area (Å²) in [5.41, 5.74) is 2.00. The molecule has 126 valence electrons. The third kappa shape index (κ3) is 3.55. The van der Waals surface area contributed by atoms with Crippen LogP contribution in [0.1, 0.15) is 5.56 Å². The van der Waals surface area contributed by atoms with Crippen LogP contribution in [0.25, 0.3) is 10.9 Å². The van der Waals surface area contributed by atoms with Gasteiger partial charge in [-0.1, -0.05) is 48.5 Å². The molecule has 1 aliphatic heterocycles. The van der Waals surface area contributed by atoms with Crippen LogP contribution in [0.2, 0.25) is 0 Å². The Labute approximate surface area is 146 Å².